The minimum atomic E-state index is -0.695. The van der Waals surface area contributed by atoms with Gasteiger partial charge in [0.05, 0.1) is 12.8 Å². The Morgan fingerprint density at radius 2 is 2.00 bits per heavy atom. The second-order valence-electron chi connectivity index (χ2n) is 3.29. The van der Waals surface area contributed by atoms with Gasteiger partial charge in [-0.2, -0.15) is 10.5 Å². The molecule has 7 nitrogen and oxygen atoms in total. The van der Waals surface area contributed by atoms with Crippen LogP contribution < -0.4 is 21.1 Å². The monoisotopic (exact) mass is 257 g/mol. The Morgan fingerprint density at radius 1 is 1.32 bits per heavy atom. The summed E-state index contributed by atoms with van der Waals surface area (Å²) in [6, 6.07) is 9.26. The maximum Gasteiger partial charge on any atom is 0.324 e. The van der Waals surface area contributed by atoms with E-state index in [0.717, 1.165) is 0 Å². The normalized spacial score (nSPS) is 10.5. The summed E-state index contributed by atoms with van der Waals surface area (Å²) >= 11 is 0. The molecule has 2 amide bonds. The quantitative estimate of drug-likeness (QED) is 0.697. The van der Waals surface area contributed by atoms with Crippen LogP contribution >= 0.6 is 0 Å². The molecule has 1 aromatic rings. The highest BCUT2D eigenvalue weighted by Crippen LogP contribution is 2.22. The van der Waals surface area contributed by atoms with Crippen LogP contribution in [0.5, 0.6) is 5.75 Å². The zero-order valence-corrected chi connectivity index (χ0v) is 10.1. The lowest BCUT2D eigenvalue weighted by Crippen LogP contribution is -2.29. The van der Waals surface area contributed by atoms with Gasteiger partial charge in [0.15, 0.2) is 5.70 Å². The smallest absolute Gasteiger partial charge is 0.324 e. The van der Waals surface area contributed by atoms with E-state index in [0.29, 0.717) is 11.4 Å². The van der Waals surface area contributed by atoms with Gasteiger partial charge < -0.3 is 15.8 Å². The lowest BCUT2D eigenvalue weighted by Gasteiger charge is -2.10. The van der Waals surface area contributed by atoms with Crippen LogP contribution in [-0.2, 0) is 0 Å². The van der Waals surface area contributed by atoms with Gasteiger partial charge in [-0.05, 0) is 12.1 Å². The Labute approximate surface area is 109 Å². The van der Waals surface area contributed by atoms with E-state index in [2.05, 4.69) is 10.6 Å². The third-order valence-electron chi connectivity index (χ3n) is 2.10. The van der Waals surface area contributed by atoms with Crippen LogP contribution in [0.3, 0.4) is 0 Å². The van der Waals surface area contributed by atoms with Crippen molar-refractivity contribution in [1.29, 1.82) is 10.5 Å². The Morgan fingerprint density at radius 3 is 2.58 bits per heavy atom. The number of rotatable bonds is 3. The SMILES string of the molecule is COc1ccccc1NC(=O)N/C(C#N)=C(/N)C#N. The van der Waals surface area contributed by atoms with Crippen molar-refractivity contribution in [2.24, 2.45) is 5.73 Å². The minimum Gasteiger partial charge on any atom is -0.495 e. The van der Waals surface area contributed by atoms with E-state index < -0.39 is 6.03 Å². The van der Waals surface area contributed by atoms with Gasteiger partial charge in [0.1, 0.15) is 23.6 Å². The first kappa shape index (κ1) is 13.9. The molecule has 0 bridgehead atoms. The summed E-state index contributed by atoms with van der Waals surface area (Å²) in [6.07, 6.45) is 0. The molecule has 7 heteroatoms. The zero-order valence-electron chi connectivity index (χ0n) is 10.1. The van der Waals surface area contributed by atoms with Gasteiger partial charge in [0.25, 0.3) is 0 Å². The van der Waals surface area contributed by atoms with Crippen molar-refractivity contribution in [2.75, 3.05) is 12.4 Å². The highest BCUT2D eigenvalue weighted by Gasteiger charge is 2.10. The number of anilines is 1. The van der Waals surface area contributed by atoms with Crippen LogP contribution in [0.15, 0.2) is 35.7 Å². The summed E-state index contributed by atoms with van der Waals surface area (Å²) in [5.41, 5.74) is 5.01. The minimum absolute atomic E-state index is 0.310. The Bertz CT molecular complexity index is 595. The van der Waals surface area contributed by atoms with Crippen molar-refractivity contribution in [3.05, 3.63) is 35.7 Å². The van der Waals surface area contributed by atoms with E-state index in [9.17, 15) is 4.79 Å². The summed E-state index contributed by atoms with van der Waals surface area (Å²) in [4.78, 5) is 11.6. The third-order valence-corrected chi connectivity index (χ3v) is 2.10. The standard InChI is InChI=1S/C12H11N5O2/c1-19-11-5-3-2-4-9(11)16-12(18)17-10(7-14)8(15)6-13/h2-5H,15H2,1H3,(H2,16,17,18)/b10-8+. The number of hydrogen-bond donors (Lipinski definition) is 3. The second kappa shape index (κ2) is 6.52. The van der Waals surface area contributed by atoms with Gasteiger partial charge in [0.2, 0.25) is 0 Å². The fourth-order valence-corrected chi connectivity index (χ4v) is 1.23. The summed E-state index contributed by atoms with van der Waals surface area (Å²) in [5, 5.41) is 21.9. The molecule has 0 radical (unpaired) electrons. The van der Waals surface area contributed by atoms with Gasteiger partial charge in [-0.1, -0.05) is 12.1 Å². The molecular formula is C12H11N5O2. The molecule has 19 heavy (non-hydrogen) atoms. The molecule has 1 aromatic carbocycles. The van der Waals surface area contributed by atoms with Crippen molar-refractivity contribution in [1.82, 2.24) is 5.32 Å². The van der Waals surface area contributed by atoms with Crippen molar-refractivity contribution >= 4 is 11.7 Å². The number of amides is 2. The molecule has 96 valence electrons. The van der Waals surface area contributed by atoms with Crippen LogP contribution in [0.2, 0.25) is 0 Å². The van der Waals surface area contributed by atoms with Crippen LogP contribution in [0.25, 0.3) is 0 Å². The summed E-state index contributed by atoms with van der Waals surface area (Å²) in [6.45, 7) is 0. The number of nitrogens with one attached hydrogen (secondary N) is 2. The molecule has 0 aliphatic carbocycles. The van der Waals surface area contributed by atoms with Gasteiger partial charge in [0, 0.05) is 0 Å². The molecule has 0 fully saturated rings. The van der Waals surface area contributed by atoms with E-state index in [1.807, 2.05) is 0 Å². The highest BCUT2D eigenvalue weighted by molar-refractivity contribution is 5.92. The van der Waals surface area contributed by atoms with Gasteiger partial charge in [-0.25, -0.2) is 4.79 Å². The number of allylic oxidation sites excluding steroid dienone is 2. The van der Waals surface area contributed by atoms with E-state index in [-0.39, 0.29) is 11.4 Å². The lowest BCUT2D eigenvalue weighted by atomic mass is 10.3. The molecule has 0 aliphatic rings. The molecule has 0 heterocycles. The first-order valence-electron chi connectivity index (χ1n) is 5.13. The molecule has 0 saturated heterocycles. The number of hydrogen-bond acceptors (Lipinski definition) is 5. The summed E-state index contributed by atoms with van der Waals surface area (Å²) in [7, 11) is 1.46. The average molecular weight is 257 g/mol. The Hall–Kier alpha value is -3.19. The number of benzene rings is 1. The van der Waals surface area contributed by atoms with Gasteiger partial charge in [-0.3, -0.25) is 5.32 Å². The van der Waals surface area contributed by atoms with E-state index in [4.69, 9.17) is 21.0 Å². The zero-order chi connectivity index (χ0) is 14.3. The van der Waals surface area contributed by atoms with Crippen LogP contribution in [0.4, 0.5) is 10.5 Å². The van der Waals surface area contributed by atoms with Crippen LogP contribution in [-0.4, -0.2) is 13.1 Å². The van der Waals surface area contributed by atoms with Crippen molar-refractivity contribution in [3.63, 3.8) is 0 Å². The van der Waals surface area contributed by atoms with E-state index in [1.165, 1.54) is 7.11 Å². The van der Waals surface area contributed by atoms with Crippen molar-refractivity contribution in [3.8, 4) is 17.9 Å². The van der Waals surface area contributed by atoms with E-state index >= 15 is 0 Å². The van der Waals surface area contributed by atoms with Crippen molar-refractivity contribution in [2.45, 2.75) is 0 Å². The number of para-hydroxylation sites is 2. The van der Waals surface area contributed by atoms with Crippen molar-refractivity contribution < 1.29 is 9.53 Å². The van der Waals surface area contributed by atoms with Gasteiger partial charge in [-0.15, -0.1) is 0 Å². The molecule has 0 unspecified atom stereocenters. The number of urea groups is 1. The predicted molar refractivity (Wildman–Crippen MR) is 67.6 cm³/mol. The highest BCUT2D eigenvalue weighted by atomic mass is 16.5. The molecule has 1 rings (SSSR count). The number of methoxy groups -OCH3 is 1. The van der Waals surface area contributed by atoms with E-state index in [1.54, 1.807) is 36.4 Å². The number of nitrogens with zero attached hydrogens (tertiary/aromatic N) is 2. The maximum atomic E-state index is 11.6. The average Bonchev–Trinajstić information content (AvgIpc) is 2.44. The first-order valence-corrected chi connectivity index (χ1v) is 5.13. The lowest BCUT2D eigenvalue weighted by molar-refractivity contribution is 0.254. The topological polar surface area (TPSA) is 124 Å². The summed E-state index contributed by atoms with van der Waals surface area (Å²) < 4.78 is 5.05. The fourth-order valence-electron chi connectivity index (χ4n) is 1.23. The fraction of sp³-hybridized carbons (Fsp3) is 0.0833. The number of carbonyl (C=O) groups is 1. The molecule has 0 atom stereocenters. The summed E-state index contributed by atoms with van der Waals surface area (Å²) in [5.74, 6) is 0.466. The van der Waals surface area contributed by atoms with Crippen LogP contribution in [0.1, 0.15) is 0 Å². The Balaban J connectivity index is 2.82. The first-order chi connectivity index (χ1) is 9.12. The number of carbonyl (C=O) groups excluding carboxylic acids is 1. The predicted octanol–water partition coefficient (Wildman–Crippen LogP) is 1.03. The second-order valence-corrected chi connectivity index (χ2v) is 3.29. The molecule has 0 saturated carbocycles. The largest absolute Gasteiger partial charge is 0.495 e. The molecule has 4 N–H and O–H groups in total. The molecule has 0 aromatic heterocycles. The maximum absolute atomic E-state index is 11.6. The third kappa shape index (κ3) is 3.65. The van der Waals surface area contributed by atoms with Crippen LogP contribution in [0, 0.1) is 22.7 Å². The Kier molecular flexibility index (Phi) is 4.76. The molecule has 0 spiro atoms. The number of ether oxygens (including phenoxy) is 1. The molecule has 0 aliphatic heterocycles. The molecular weight excluding hydrogens is 246 g/mol. The van der Waals surface area contributed by atoms with Gasteiger partial charge >= 0.3 is 6.03 Å². The number of nitrogens with two attached hydrogens (primary N) is 1. The number of nitriles is 2.